The fourth-order valence-electron chi connectivity index (χ4n) is 0.678. The second kappa shape index (κ2) is 2.43. The summed E-state index contributed by atoms with van der Waals surface area (Å²) in [5, 5.41) is 4.69. The molecule has 2 rings (SSSR count). The van der Waals surface area contributed by atoms with Crippen molar-refractivity contribution in [1.29, 1.82) is 0 Å². The molecular weight excluding hydrogens is 264 g/mol. The number of nitrogens with zero attached hydrogens (tertiary/aromatic N) is 3. The van der Waals surface area contributed by atoms with E-state index in [4.69, 9.17) is 11.6 Å². The van der Waals surface area contributed by atoms with E-state index < -0.39 is 0 Å². The average molecular weight is 267 g/mol. The highest BCUT2D eigenvalue weighted by atomic mass is 127. The Morgan fingerprint density at radius 3 is 3.30 bits per heavy atom. The summed E-state index contributed by atoms with van der Waals surface area (Å²) in [7, 11) is 0. The zero-order chi connectivity index (χ0) is 6.97. The first-order chi connectivity index (χ1) is 4.88. The minimum absolute atomic E-state index is 0.0469. The highest BCUT2D eigenvalue weighted by Gasteiger charge is 2.07. The smallest absolute Gasteiger partial charge is 0.174 e. The number of aromatic nitrogens is 3. The molecule has 0 atom stereocenters. The van der Waals surface area contributed by atoms with Crippen LogP contribution in [0.5, 0.6) is 0 Å². The van der Waals surface area contributed by atoms with Gasteiger partial charge in [0.25, 0.3) is 0 Å². The Balaban J connectivity index is 2.67. The summed E-state index contributed by atoms with van der Waals surface area (Å²) in [4.78, 5) is 3.98. The van der Waals surface area contributed by atoms with Crippen molar-refractivity contribution < 1.29 is 0 Å². The molecule has 0 bridgehead atoms. The molecule has 1 aliphatic heterocycles. The number of halogens is 2. The monoisotopic (exact) mass is 267 g/mol. The third-order valence-corrected chi connectivity index (χ3v) is 3.57. The van der Waals surface area contributed by atoms with Gasteiger partial charge in [-0.25, -0.2) is 9.67 Å². The van der Waals surface area contributed by atoms with Crippen LogP contribution in [0.1, 0.15) is 5.82 Å². The molecule has 3 nitrogen and oxygen atoms in total. The van der Waals surface area contributed by atoms with Crippen LogP contribution in [0.25, 0.3) is 5.03 Å². The Hall–Kier alpha value is -0.230. The maximum absolute atomic E-state index is 5.83. The lowest BCUT2D eigenvalue weighted by atomic mass is 10.6. The molecule has 0 fully saturated rings. The van der Waals surface area contributed by atoms with E-state index in [1.54, 1.807) is 4.68 Å². The zero-order valence-corrected chi connectivity index (χ0v) is 7.74. The molecule has 52 valence electrons. The summed E-state index contributed by atoms with van der Waals surface area (Å²) in [6, 6.07) is 0. The quantitative estimate of drug-likeness (QED) is 0.665. The van der Waals surface area contributed by atoms with Gasteiger partial charge >= 0.3 is 0 Å². The molecule has 10 heavy (non-hydrogen) atoms. The molecule has 0 aromatic carbocycles. The average Bonchev–Trinajstić information content (AvgIpc) is 2.36. The highest BCUT2D eigenvalue weighted by Crippen LogP contribution is 2.22. The van der Waals surface area contributed by atoms with Gasteiger partial charge in [0.15, 0.2) is 5.82 Å². The first-order valence-electron chi connectivity index (χ1n) is 2.59. The summed E-state index contributed by atoms with van der Waals surface area (Å²) in [6.45, 7) is 0. The van der Waals surface area contributed by atoms with Gasteiger partial charge in [0.05, 0.1) is 9.17 Å². The predicted octanol–water partition coefficient (Wildman–Crippen LogP) is 1.41. The van der Waals surface area contributed by atoms with Crippen molar-refractivity contribution in [2.24, 2.45) is 0 Å². The molecule has 5 heteroatoms. The van der Waals surface area contributed by atoms with Gasteiger partial charge in [0, 0.05) is 0 Å². The number of rotatable bonds is 0. The van der Waals surface area contributed by atoms with Crippen LogP contribution in [-0.2, 0) is 0 Å². The van der Waals surface area contributed by atoms with Crippen molar-refractivity contribution in [2.45, 2.75) is 0 Å². The zero-order valence-electron chi connectivity index (χ0n) is 4.83. The van der Waals surface area contributed by atoms with E-state index >= 15 is 0 Å². The molecule has 2 heterocycles. The fourth-order valence-corrected chi connectivity index (χ4v) is 2.60. The Kier molecular flexibility index (Phi) is 1.57. The van der Waals surface area contributed by atoms with Crippen molar-refractivity contribution in [3.05, 3.63) is 16.2 Å². The van der Waals surface area contributed by atoms with Gasteiger partial charge in [-0.1, -0.05) is 32.3 Å². The van der Waals surface area contributed by atoms with Gasteiger partial charge in [-0.15, -0.1) is 0 Å². The van der Waals surface area contributed by atoms with Gasteiger partial charge in [-0.05, 0) is 4.08 Å². The number of hydrogen-bond donors (Lipinski definition) is 0. The Bertz CT molecular complexity index is 314. The highest BCUT2D eigenvalue weighted by molar-refractivity contribution is 14.2. The Labute approximate surface area is 72.5 Å². The lowest BCUT2D eigenvalue weighted by Gasteiger charge is -2.00. The summed E-state index contributed by atoms with van der Waals surface area (Å²) in [5.74, 6) is 0.757. The third kappa shape index (κ3) is 0.911. The molecule has 0 aliphatic carbocycles. The Morgan fingerprint density at radius 1 is 1.60 bits per heavy atom. The first-order valence-corrected chi connectivity index (χ1v) is 5.46. The predicted molar refractivity (Wildman–Crippen MR) is 49.3 cm³/mol. The second-order valence-corrected chi connectivity index (χ2v) is 4.02. The molecule has 1 aromatic heterocycles. The molecule has 0 spiro atoms. The maximum Gasteiger partial charge on any atom is 0.174 e. The van der Waals surface area contributed by atoms with Crippen LogP contribution in [0.3, 0.4) is 0 Å². The van der Waals surface area contributed by atoms with Crippen LogP contribution in [0.4, 0.5) is 0 Å². The van der Waals surface area contributed by atoms with Crippen molar-refractivity contribution in [3.8, 4) is 0 Å². The van der Waals surface area contributed by atoms with Crippen LogP contribution < -0.4 is 0 Å². The fraction of sp³-hybridized carbons (Fsp3) is 0. The largest absolute Gasteiger partial charge is 0.214 e. The van der Waals surface area contributed by atoms with E-state index in [2.05, 4.69) is 10.1 Å². The first kappa shape index (κ1) is 6.48. The molecule has 0 amide bonds. The molecule has 0 radical (unpaired) electrons. The lowest BCUT2D eigenvalue weighted by molar-refractivity contribution is 0.956. The van der Waals surface area contributed by atoms with Gasteiger partial charge in [-0.2, -0.15) is 5.10 Å². The van der Waals surface area contributed by atoms with E-state index in [9.17, 15) is 0 Å². The Morgan fingerprint density at radius 2 is 2.50 bits per heavy atom. The standard InChI is InChI=1S/C5H3ClIN3/c6-4-1-7-2-10-5(4)8-3-9-10/h1-3H. The van der Waals surface area contributed by atoms with Crippen LogP contribution in [0.15, 0.2) is 10.4 Å². The van der Waals surface area contributed by atoms with E-state index in [0.29, 0.717) is 0 Å². The van der Waals surface area contributed by atoms with Crippen LogP contribution >= 0.6 is 32.3 Å². The molecule has 0 N–H and O–H groups in total. The van der Waals surface area contributed by atoms with Crippen LogP contribution in [0, 0.1) is 0 Å². The molecule has 1 aliphatic rings. The van der Waals surface area contributed by atoms with Gasteiger partial charge in [0.2, 0.25) is 0 Å². The van der Waals surface area contributed by atoms with Crippen molar-refractivity contribution in [2.75, 3.05) is 0 Å². The van der Waals surface area contributed by atoms with E-state index in [-0.39, 0.29) is 20.7 Å². The SMILES string of the molecule is ClC1=CI=Cn2ncnc21. The number of hydrogen-bond acceptors (Lipinski definition) is 2. The van der Waals surface area contributed by atoms with E-state index in [1.165, 1.54) is 6.33 Å². The molecule has 0 saturated heterocycles. The van der Waals surface area contributed by atoms with Crippen molar-refractivity contribution in [3.63, 3.8) is 0 Å². The second-order valence-electron chi connectivity index (χ2n) is 1.71. The summed E-state index contributed by atoms with van der Waals surface area (Å²) in [5.41, 5.74) is 0. The van der Waals surface area contributed by atoms with E-state index in [0.717, 1.165) is 10.9 Å². The molecule has 1 aromatic rings. The van der Waals surface area contributed by atoms with Crippen LogP contribution in [-0.4, -0.2) is 18.9 Å². The molecule has 0 saturated carbocycles. The minimum Gasteiger partial charge on any atom is -0.214 e. The summed E-state index contributed by atoms with van der Waals surface area (Å²) in [6.07, 6.45) is 1.51. The van der Waals surface area contributed by atoms with Gasteiger partial charge in [-0.3, -0.25) is 0 Å². The van der Waals surface area contributed by atoms with Gasteiger partial charge < -0.3 is 0 Å². The van der Waals surface area contributed by atoms with Crippen LogP contribution in [0.2, 0.25) is 0 Å². The maximum atomic E-state index is 5.83. The van der Waals surface area contributed by atoms with Crippen molar-refractivity contribution in [1.82, 2.24) is 14.8 Å². The molecular formula is C5H3ClIN3. The molecule has 0 unspecified atom stereocenters. The normalized spacial score (nSPS) is 15.5. The number of fused-ring (bicyclic) bond motifs is 1. The lowest BCUT2D eigenvalue weighted by Crippen LogP contribution is -2.02. The summed E-state index contributed by atoms with van der Waals surface area (Å²) < 4.78 is 5.78. The van der Waals surface area contributed by atoms with Gasteiger partial charge in [0.1, 0.15) is 6.33 Å². The van der Waals surface area contributed by atoms with E-state index in [1.807, 2.05) is 8.22 Å². The summed E-state index contributed by atoms with van der Waals surface area (Å²) >= 11 is 5.79. The third-order valence-electron chi connectivity index (χ3n) is 1.09. The minimum atomic E-state index is -0.0469. The topological polar surface area (TPSA) is 30.7 Å². The van der Waals surface area contributed by atoms with Crippen molar-refractivity contribution >= 4 is 41.5 Å².